The minimum atomic E-state index is -0.228. The van der Waals surface area contributed by atoms with Crippen LogP contribution in [0.1, 0.15) is 11.1 Å². The molecule has 8 heteroatoms. The topological polar surface area (TPSA) is 91.0 Å². The van der Waals surface area contributed by atoms with Crippen LogP contribution in [0.5, 0.6) is 5.75 Å². The van der Waals surface area contributed by atoms with Crippen molar-refractivity contribution in [1.82, 2.24) is 24.6 Å². The summed E-state index contributed by atoms with van der Waals surface area (Å²) in [6.45, 7) is 3.16. The highest BCUT2D eigenvalue weighted by molar-refractivity contribution is 5.77. The number of carbonyl (C=O) groups is 1. The van der Waals surface area contributed by atoms with Crippen LogP contribution in [0, 0.1) is 6.92 Å². The van der Waals surface area contributed by atoms with Gasteiger partial charge in [0.1, 0.15) is 17.5 Å². The molecule has 0 spiro atoms. The van der Waals surface area contributed by atoms with Crippen LogP contribution in [0.2, 0.25) is 0 Å². The number of carbonyl (C=O) groups excluding carboxylic acids is 1. The monoisotopic (exact) mass is 417 g/mol. The molecule has 158 valence electrons. The van der Waals surface area contributed by atoms with Gasteiger partial charge in [0, 0.05) is 6.54 Å². The first-order chi connectivity index (χ1) is 15.1. The lowest BCUT2D eigenvalue weighted by molar-refractivity contribution is -0.123. The molecule has 31 heavy (non-hydrogen) atoms. The average Bonchev–Trinajstić information content (AvgIpc) is 3.20. The van der Waals surface area contributed by atoms with Gasteiger partial charge in [0.15, 0.2) is 12.3 Å². The zero-order valence-electron chi connectivity index (χ0n) is 17.2. The van der Waals surface area contributed by atoms with Crippen molar-refractivity contribution in [2.24, 2.45) is 0 Å². The Balaban J connectivity index is 1.37. The van der Waals surface area contributed by atoms with Crippen LogP contribution in [-0.4, -0.2) is 38.4 Å². The molecule has 0 aliphatic rings. The van der Waals surface area contributed by atoms with E-state index in [1.807, 2.05) is 49.4 Å². The molecule has 0 atom stereocenters. The summed E-state index contributed by atoms with van der Waals surface area (Å²) < 4.78 is 8.62. The lowest BCUT2D eigenvalue weighted by Gasteiger charge is -2.09. The Hall–Kier alpha value is -3.94. The number of hydrogen-bond donors (Lipinski definition) is 1. The number of nitrogens with one attached hydrogen (secondary N) is 1. The van der Waals surface area contributed by atoms with E-state index in [-0.39, 0.29) is 18.1 Å². The number of amides is 1. The molecule has 0 bridgehead atoms. The number of rotatable bonds is 8. The summed E-state index contributed by atoms with van der Waals surface area (Å²) >= 11 is 0. The first-order valence-corrected chi connectivity index (χ1v) is 10.0. The molecule has 4 aromatic rings. The minimum Gasteiger partial charge on any atom is -0.484 e. The first-order valence-electron chi connectivity index (χ1n) is 10.0. The van der Waals surface area contributed by atoms with Gasteiger partial charge in [-0.05, 0) is 30.2 Å². The molecule has 0 radical (unpaired) electrons. The van der Waals surface area contributed by atoms with Crippen molar-refractivity contribution in [3.63, 3.8) is 0 Å². The van der Waals surface area contributed by atoms with Crippen LogP contribution in [0.4, 0.5) is 0 Å². The second-order valence-electron chi connectivity index (χ2n) is 7.16. The summed E-state index contributed by atoms with van der Waals surface area (Å²) in [4.78, 5) is 29.2. The van der Waals surface area contributed by atoms with Crippen LogP contribution >= 0.6 is 0 Å². The predicted molar refractivity (Wildman–Crippen MR) is 117 cm³/mol. The molecule has 8 nitrogen and oxygen atoms in total. The average molecular weight is 417 g/mol. The fourth-order valence-electron chi connectivity index (χ4n) is 3.26. The van der Waals surface area contributed by atoms with Crippen molar-refractivity contribution in [3.8, 4) is 5.75 Å². The Morgan fingerprint density at radius 1 is 1.10 bits per heavy atom. The van der Waals surface area contributed by atoms with Gasteiger partial charge in [-0.1, -0.05) is 42.5 Å². The van der Waals surface area contributed by atoms with E-state index in [1.165, 1.54) is 6.20 Å². The molecule has 1 N–H and O–H groups in total. The van der Waals surface area contributed by atoms with Gasteiger partial charge in [0.25, 0.3) is 11.5 Å². The van der Waals surface area contributed by atoms with Crippen molar-refractivity contribution in [2.75, 3.05) is 13.2 Å². The van der Waals surface area contributed by atoms with Gasteiger partial charge in [0.05, 0.1) is 19.3 Å². The Morgan fingerprint density at radius 3 is 2.68 bits per heavy atom. The number of aryl methyl sites for hydroxylation is 1. The third-order valence-corrected chi connectivity index (χ3v) is 4.98. The van der Waals surface area contributed by atoms with Gasteiger partial charge in [-0.3, -0.25) is 14.2 Å². The van der Waals surface area contributed by atoms with E-state index in [0.29, 0.717) is 36.4 Å². The van der Waals surface area contributed by atoms with Gasteiger partial charge < -0.3 is 10.1 Å². The maximum atomic E-state index is 12.8. The molecule has 2 aromatic carbocycles. The first kappa shape index (κ1) is 20.3. The lowest BCUT2D eigenvalue weighted by Crippen LogP contribution is -2.31. The molecule has 0 saturated carbocycles. The summed E-state index contributed by atoms with van der Waals surface area (Å²) in [7, 11) is 0. The molecule has 0 saturated heterocycles. The second-order valence-corrected chi connectivity index (χ2v) is 7.16. The number of benzene rings is 2. The summed E-state index contributed by atoms with van der Waals surface area (Å²) in [5.74, 6) is 0.413. The van der Waals surface area contributed by atoms with Gasteiger partial charge in [0.2, 0.25) is 0 Å². The molecule has 0 fully saturated rings. The molecule has 1 amide bonds. The van der Waals surface area contributed by atoms with Gasteiger partial charge in [-0.25, -0.2) is 9.67 Å². The Morgan fingerprint density at radius 2 is 1.87 bits per heavy atom. The van der Waals surface area contributed by atoms with E-state index >= 15 is 0 Å². The number of fused-ring (bicyclic) bond motifs is 1. The fraction of sp³-hybridized carbons (Fsp3) is 0.217. The molecule has 4 rings (SSSR count). The van der Waals surface area contributed by atoms with Gasteiger partial charge in [-0.2, -0.15) is 5.10 Å². The summed E-state index contributed by atoms with van der Waals surface area (Å²) in [5.41, 5.74) is 2.55. The molecular formula is C23H23N5O3. The number of para-hydroxylation sites is 1. The maximum Gasteiger partial charge on any atom is 0.264 e. The van der Waals surface area contributed by atoms with Crippen molar-refractivity contribution in [1.29, 1.82) is 0 Å². The minimum absolute atomic E-state index is 0.0638. The van der Waals surface area contributed by atoms with Gasteiger partial charge in [-0.15, -0.1) is 0 Å². The summed E-state index contributed by atoms with van der Waals surface area (Å²) in [6, 6.07) is 17.1. The second kappa shape index (κ2) is 9.25. The Bertz CT molecular complexity index is 1250. The van der Waals surface area contributed by atoms with Crippen LogP contribution < -0.4 is 15.6 Å². The standard InChI is InChI=1S/C23H23N5O3/c1-17-7-5-6-8-18(17)14-27-16-25-22-20(23(27)30)13-26-28(22)12-11-24-21(29)15-31-19-9-3-2-4-10-19/h2-10,13,16H,11-12,14-15H2,1H3,(H,24,29). The van der Waals surface area contributed by atoms with Gasteiger partial charge >= 0.3 is 0 Å². The number of aromatic nitrogens is 4. The third kappa shape index (κ3) is 4.80. The number of hydrogen-bond acceptors (Lipinski definition) is 5. The Kier molecular flexibility index (Phi) is 6.07. The van der Waals surface area contributed by atoms with E-state index < -0.39 is 0 Å². The van der Waals surface area contributed by atoms with E-state index in [1.54, 1.807) is 27.7 Å². The van der Waals surface area contributed by atoms with E-state index in [9.17, 15) is 9.59 Å². The Labute approximate surface area is 179 Å². The quantitative estimate of drug-likeness (QED) is 0.474. The normalized spacial score (nSPS) is 10.9. The highest BCUT2D eigenvalue weighted by Gasteiger charge is 2.11. The zero-order chi connectivity index (χ0) is 21.6. The highest BCUT2D eigenvalue weighted by atomic mass is 16.5. The predicted octanol–water partition coefficient (Wildman–Crippen LogP) is 2.14. The third-order valence-electron chi connectivity index (χ3n) is 4.98. The summed E-state index contributed by atoms with van der Waals surface area (Å²) in [6.07, 6.45) is 3.07. The van der Waals surface area contributed by atoms with Crippen molar-refractivity contribution in [2.45, 2.75) is 20.0 Å². The van der Waals surface area contributed by atoms with Crippen molar-refractivity contribution in [3.05, 3.63) is 88.6 Å². The van der Waals surface area contributed by atoms with E-state index in [4.69, 9.17) is 4.74 Å². The van der Waals surface area contributed by atoms with Crippen LogP contribution in [0.25, 0.3) is 11.0 Å². The fourth-order valence-corrected chi connectivity index (χ4v) is 3.26. The maximum absolute atomic E-state index is 12.8. The van der Waals surface area contributed by atoms with Crippen LogP contribution in [0.15, 0.2) is 71.9 Å². The van der Waals surface area contributed by atoms with Crippen LogP contribution in [-0.2, 0) is 17.9 Å². The molecule has 0 aliphatic carbocycles. The number of nitrogens with zero attached hydrogens (tertiary/aromatic N) is 4. The highest BCUT2D eigenvalue weighted by Crippen LogP contribution is 2.10. The van der Waals surface area contributed by atoms with Crippen molar-refractivity contribution >= 4 is 16.9 Å². The molecule has 2 heterocycles. The van der Waals surface area contributed by atoms with E-state index in [0.717, 1.165) is 11.1 Å². The van der Waals surface area contributed by atoms with E-state index in [2.05, 4.69) is 15.4 Å². The molecular weight excluding hydrogens is 394 g/mol. The molecule has 2 aromatic heterocycles. The van der Waals surface area contributed by atoms with Crippen molar-refractivity contribution < 1.29 is 9.53 Å². The largest absolute Gasteiger partial charge is 0.484 e. The lowest BCUT2D eigenvalue weighted by atomic mass is 10.1. The smallest absolute Gasteiger partial charge is 0.264 e. The SMILES string of the molecule is Cc1ccccc1Cn1cnc2c(cnn2CCNC(=O)COc2ccccc2)c1=O. The zero-order valence-corrected chi connectivity index (χ0v) is 17.2. The molecule has 0 unspecified atom stereocenters. The van der Waals surface area contributed by atoms with Crippen LogP contribution in [0.3, 0.4) is 0 Å². The summed E-state index contributed by atoms with van der Waals surface area (Å²) in [5, 5.41) is 7.51. The number of ether oxygens (including phenoxy) is 1. The molecule has 0 aliphatic heterocycles.